The molecule has 0 fully saturated rings. The fourth-order valence-corrected chi connectivity index (χ4v) is 1.84. The van der Waals surface area contributed by atoms with E-state index in [1.165, 1.54) is 22.7 Å². The molecule has 0 bridgehead atoms. The molecule has 2 heteroatoms. The van der Waals surface area contributed by atoms with Gasteiger partial charge >= 0.3 is 0 Å². The number of nitrogens with zero attached hydrogens (tertiary/aromatic N) is 1. The van der Waals surface area contributed by atoms with E-state index >= 15 is 0 Å². The van der Waals surface area contributed by atoms with Crippen molar-refractivity contribution in [3.05, 3.63) is 16.1 Å². The van der Waals surface area contributed by atoms with Crippen molar-refractivity contribution >= 4 is 11.3 Å². The monoisotopic (exact) mass is 155 g/mol. The Hall–Kier alpha value is -0.370. The number of hydrogen-bond donors (Lipinski definition) is 0. The van der Waals surface area contributed by atoms with Gasteiger partial charge in [-0.1, -0.05) is 20.3 Å². The molecule has 0 amide bonds. The maximum atomic E-state index is 4.27. The SMILES string of the molecule is CCCc1cnc(CC)s1. The summed E-state index contributed by atoms with van der Waals surface area (Å²) in [4.78, 5) is 5.70. The first-order valence-electron chi connectivity index (χ1n) is 3.80. The van der Waals surface area contributed by atoms with Gasteiger partial charge in [-0.2, -0.15) is 0 Å². The maximum Gasteiger partial charge on any atom is 0.0924 e. The Morgan fingerprint density at radius 1 is 1.50 bits per heavy atom. The van der Waals surface area contributed by atoms with Gasteiger partial charge in [-0.05, 0) is 12.8 Å². The van der Waals surface area contributed by atoms with E-state index in [1.807, 2.05) is 17.5 Å². The Bertz CT molecular complexity index is 193. The molecule has 0 aliphatic heterocycles. The molecule has 1 nitrogen and oxygen atoms in total. The van der Waals surface area contributed by atoms with Crippen LogP contribution in [0.5, 0.6) is 0 Å². The molecule has 0 aliphatic carbocycles. The minimum atomic E-state index is 1.08. The molecule has 1 heterocycles. The second-order valence-corrected chi connectivity index (χ2v) is 3.52. The van der Waals surface area contributed by atoms with E-state index < -0.39 is 0 Å². The van der Waals surface area contributed by atoms with Gasteiger partial charge in [0.25, 0.3) is 0 Å². The van der Waals surface area contributed by atoms with Crippen LogP contribution in [0.3, 0.4) is 0 Å². The molecule has 0 radical (unpaired) electrons. The summed E-state index contributed by atoms with van der Waals surface area (Å²) in [6.45, 7) is 4.35. The Balaban J connectivity index is 2.59. The second kappa shape index (κ2) is 3.71. The van der Waals surface area contributed by atoms with Gasteiger partial charge in [-0.3, -0.25) is 0 Å². The molecular weight excluding hydrogens is 142 g/mol. The fraction of sp³-hybridized carbons (Fsp3) is 0.625. The van der Waals surface area contributed by atoms with Crippen molar-refractivity contribution in [1.29, 1.82) is 0 Å². The molecule has 10 heavy (non-hydrogen) atoms. The van der Waals surface area contributed by atoms with Crippen LogP contribution in [-0.2, 0) is 12.8 Å². The number of thiazole rings is 1. The minimum absolute atomic E-state index is 1.08. The van der Waals surface area contributed by atoms with Crippen molar-refractivity contribution < 1.29 is 0 Å². The van der Waals surface area contributed by atoms with Crippen molar-refractivity contribution in [2.45, 2.75) is 33.1 Å². The predicted octanol–water partition coefficient (Wildman–Crippen LogP) is 2.66. The van der Waals surface area contributed by atoms with Gasteiger partial charge in [0.05, 0.1) is 5.01 Å². The maximum absolute atomic E-state index is 4.27. The van der Waals surface area contributed by atoms with Crippen LogP contribution in [0.4, 0.5) is 0 Å². The summed E-state index contributed by atoms with van der Waals surface area (Å²) in [7, 11) is 0. The van der Waals surface area contributed by atoms with Gasteiger partial charge in [-0.15, -0.1) is 11.3 Å². The minimum Gasteiger partial charge on any atom is -0.249 e. The van der Waals surface area contributed by atoms with Crippen LogP contribution in [0, 0.1) is 0 Å². The van der Waals surface area contributed by atoms with Crippen LogP contribution in [0.2, 0.25) is 0 Å². The van der Waals surface area contributed by atoms with E-state index in [4.69, 9.17) is 0 Å². The molecule has 0 aliphatic rings. The normalized spacial score (nSPS) is 10.2. The number of aryl methyl sites for hydroxylation is 2. The standard InChI is InChI=1S/C8H13NS/c1-3-5-7-6-9-8(4-2)10-7/h6H,3-5H2,1-2H3. The average molecular weight is 155 g/mol. The Morgan fingerprint density at radius 2 is 2.30 bits per heavy atom. The molecule has 0 aromatic carbocycles. The smallest absolute Gasteiger partial charge is 0.0924 e. The highest BCUT2D eigenvalue weighted by Crippen LogP contribution is 2.14. The summed E-state index contributed by atoms with van der Waals surface area (Å²) in [5.74, 6) is 0. The van der Waals surface area contributed by atoms with Crippen LogP contribution < -0.4 is 0 Å². The first-order chi connectivity index (χ1) is 4.86. The lowest BCUT2D eigenvalue weighted by Crippen LogP contribution is -1.72. The van der Waals surface area contributed by atoms with E-state index in [2.05, 4.69) is 18.8 Å². The second-order valence-electron chi connectivity index (χ2n) is 2.32. The highest BCUT2D eigenvalue weighted by Gasteiger charge is 1.96. The summed E-state index contributed by atoms with van der Waals surface area (Å²) in [6.07, 6.45) is 5.50. The molecule has 0 spiro atoms. The molecule has 0 saturated carbocycles. The van der Waals surface area contributed by atoms with Crippen molar-refractivity contribution in [2.24, 2.45) is 0 Å². The topological polar surface area (TPSA) is 12.9 Å². The van der Waals surface area contributed by atoms with Gasteiger partial charge in [0.15, 0.2) is 0 Å². The molecule has 0 N–H and O–H groups in total. The van der Waals surface area contributed by atoms with Crippen molar-refractivity contribution in [3.8, 4) is 0 Å². The van der Waals surface area contributed by atoms with Crippen LogP contribution in [0.1, 0.15) is 30.2 Å². The Labute approximate surface area is 66.1 Å². The zero-order valence-corrected chi connectivity index (χ0v) is 7.37. The van der Waals surface area contributed by atoms with Gasteiger partial charge in [0.2, 0.25) is 0 Å². The lowest BCUT2D eigenvalue weighted by atomic mass is 10.3. The van der Waals surface area contributed by atoms with E-state index in [0.29, 0.717) is 0 Å². The summed E-state index contributed by atoms with van der Waals surface area (Å²) in [5.41, 5.74) is 0. The van der Waals surface area contributed by atoms with E-state index in [1.54, 1.807) is 0 Å². The fourth-order valence-electron chi connectivity index (χ4n) is 0.873. The third-order valence-electron chi connectivity index (χ3n) is 1.40. The first kappa shape index (κ1) is 7.73. The largest absolute Gasteiger partial charge is 0.249 e. The van der Waals surface area contributed by atoms with Gasteiger partial charge in [0, 0.05) is 11.1 Å². The van der Waals surface area contributed by atoms with Crippen molar-refractivity contribution in [2.75, 3.05) is 0 Å². The number of aromatic nitrogens is 1. The van der Waals surface area contributed by atoms with Crippen LogP contribution in [-0.4, -0.2) is 4.98 Å². The summed E-state index contributed by atoms with van der Waals surface area (Å²) < 4.78 is 0. The number of hydrogen-bond acceptors (Lipinski definition) is 2. The summed E-state index contributed by atoms with van der Waals surface area (Å²) in [6, 6.07) is 0. The van der Waals surface area contributed by atoms with E-state index in [-0.39, 0.29) is 0 Å². The molecule has 0 atom stereocenters. The molecular formula is C8H13NS. The molecule has 0 saturated heterocycles. The van der Waals surface area contributed by atoms with Gasteiger partial charge < -0.3 is 0 Å². The lowest BCUT2D eigenvalue weighted by Gasteiger charge is -1.86. The molecule has 0 unspecified atom stereocenters. The van der Waals surface area contributed by atoms with Gasteiger partial charge in [0.1, 0.15) is 0 Å². The quantitative estimate of drug-likeness (QED) is 0.654. The average Bonchev–Trinajstić information content (AvgIpc) is 2.37. The van der Waals surface area contributed by atoms with E-state index in [9.17, 15) is 0 Å². The van der Waals surface area contributed by atoms with Gasteiger partial charge in [-0.25, -0.2) is 4.98 Å². The first-order valence-corrected chi connectivity index (χ1v) is 4.62. The zero-order chi connectivity index (χ0) is 7.40. The summed E-state index contributed by atoms with van der Waals surface area (Å²) in [5, 5.41) is 1.27. The Morgan fingerprint density at radius 3 is 2.80 bits per heavy atom. The van der Waals surface area contributed by atoms with Crippen LogP contribution in [0.15, 0.2) is 6.20 Å². The number of rotatable bonds is 3. The molecule has 1 aromatic heterocycles. The highest BCUT2D eigenvalue weighted by molar-refractivity contribution is 7.11. The van der Waals surface area contributed by atoms with Crippen molar-refractivity contribution in [3.63, 3.8) is 0 Å². The predicted molar refractivity (Wildman–Crippen MR) is 45.5 cm³/mol. The third kappa shape index (κ3) is 1.81. The van der Waals surface area contributed by atoms with Crippen LogP contribution in [0.25, 0.3) is 0 Å². The zero-order valence-electron chi connectivity index (χ0n) is 6.55. The summed E-state index contributed by atoms with van der Waals surface area (Å²) >= 11 is 1.85. The van der Waals surface area contributed by atoms with E-state index in [0.717, 1.165) is 6.42 Å². The molecule has 1 aromatic rings. The highest BCUT2D eigenvalue weighted by atomic mass is 32.1. The lowest BCUT2D eigenvalue weighted by molar-refractivity contribution is 0.935. The van der Waals surface area contributed by atoms with Crippen LogP contribution >= 0.6 is 11.3 Å². The third-order valence-corrected chi connectivity index (χ3v) is 2.60. The van der Waals surface area contributed by atoms with Crippen molar-refractivity contribution in [1.82, 2.24) is 4.98 Å². The Kier molecular flexibility index (Phi) is 2.87. The molecule has 1 rings (SSSR count). The molecule has 56 valence electrons.